The molecule has 0 unspecified atom stereocenters. The van der Waals surface area contributed by atoms with E-state index in [1.54, 1.807) is 20.7 Å². The Morgan fingerprint density at radius 2 is 1.80 bits per heavy atom. The molecule has 1 saturated heterocycles. The first-order valence-corrected chi connectivity index (χ1v) is 10.9. The number of nitrogens with one attached hydrogen (secondary N) is 1. The largest absolute Gasteiger partial charge is 0.416 e. The van der Waals surface area contributed by atoms with Gasteiger partial charge in [0.2, 0.25) is 0 Å². The lowest BCUT2D eigenvalue weighted by molar-refractivity contribution is -0.384. The predicted octanol–water partition coefficient (Wildman–Crippen LogP) is 3.89. The van der Waals surface area contributed by atoms with Crippen LogP contribution < -0.4 is 10.2 Å². The Morgan fingerprint density at radius 1 is 1.06 bits per heavy atom. The van der Waals surface area contributed by atoms with Crippen molar-refractivity contribution in [2.75, 3.05) is 31.1 Å². The second-order valence-corrected chi connectivity index (χ2v) is 8.11. The summed E-state index contributed by atoms with van der Waals surface area (Å²) in [5.41, 5.74) is 0.415. The van der Waals surface area contributed by atoms with E-state index in [4.69, 9.17) is 0 Å². The van der Waals surface area contributed by atoms with Crippen molar-refractivity contribution >= 4 is 17.4 Å². The molecular weight excluding hydrogens is 465 g/mol. The van der Waals surface area contributed by atoms with Gasteiger partial charge >= 0.3 is 12.2 Å². The van der Waals surface area contributed by atoms with E-state index in [-0.39, 0.29) is 37.9 Å². The lowest BCUT2D eigenvalue weighted by atomic mass is 10.1. The number of nitro groups is 1. The molecule has 9 nitrogen and oxygen atoms in total. The van der Waals surface area contributed by atoms with Gasteiger partial charge in [-0.2, -0.15) is 18.3 Å². The van der Waals surface area contributed by atoms with E-state index in [1.807, 2.05) is 36.5 Å². The molecule has 2 heterocycles. The van der Waals surface area contributed by atoms with Crippen molar-refractivity contribution in [2.45, 2.75) is 19.3 Å². The maximum Gasteiger partial charge on any atom is 0.416 e. The van der Waals surface area contributed by atoms with Crippen molar-refractivity contribution in [1.29, 1.82) is 0 Å². The first-order chi connectivity index (χ1) is 16.7. The van der Waals surface area contributed by atoms with E-state index in [1.165, 1.54) is 0 Å². The molecule has 0 saturated carbocycles. The summed E-state index contributed by atoms with van der Waals surface area (Å²) in [5.74, 6) is 0. The number of anilines is 1. The zero-order chi connectivity index (χ0) is 25.0. The second-order valence-electron chi connectivity index (χ2n) is 8.11. The number of halogens is 3. The molecule has 0 aliphatic carbocycles. The number of alkyl halides is 3. The van der Waals surface area contributed by atoms with Gasteiger partial charge in [0.1, 0.15) is 5.69 Å². The summed E-state index contributed by atoms with van der Waals surface area (Å²) in [6, 6.07) is 11.9. The Morgan fingerprint density at radius 3 is 2.46 bits per heavy atom. The smallest absolute Gasteiger partial charge is 0.362 e. The Kier molecular flexibility index (Phi) is 6.90. The van der Waals surface area contributed by atoms with Crippen LogP contribution in [-0.4, -0.2) is 51.8 Å². The zero-order valence-corrected chi connectivity index (χ0v) is 18.6. The molecule has 0 bridgehead atoms. The second kappa shape index (κ2) is 10.0. The summed E-state index contributed by atoms with van der Waals surface area (Å²) in [5, 5.41) is 18.4. The van der Waals surface area contributed by atoms with Gasteiger partial charge in [-0.1, -0.05) is 24.3 Å². The van der Waals surface area contributed by atoms with E-state index < -0.39 is 22.4 Å². The van der Waals surface area contributed by atoms with Crippen molar-refractivity contribution < 1.29 is 22.9 Å². The van der Waals surface area contributed by atoms with Crippen molar-refractivity contribution in [3.05, 3.63) is 87.7 Å². The average molecular weight is 488 g/mol. The molecule has 4 rings (SSSR count). The van der Waals surface area contributed by atoms with Gasteiger partial charge in [0.15, 0.2) is 0 Å². The van der Waals surface area contributed by atoms with Gasteiger partial charge in [-0.15, -0.1) is 0 Å². The minimum absolute atomic E-state index is 0.108. The fourth-order valence-electron chi connectivity index (χ4n) is 3.97. The number of hydrogen-bond donors (Lipinski definition) is 1. The summed E-state index contributed by atoms with van der Waals surface area (Å²) in [6.07, 6.45) is -1.09. The molecule has 0 radical (unpaired) electrons. The maximum absolute atomic E-state index is 13.0. The van der Waals surface area contributed by atoms with Crippen LogP contribution in [0.3, 0.4) is 0 Å². The first-order valence-electron chi connectivity index (χ1n) is 10.9. The van der Waals surface area contributed by atoms with Gasteiger partial charge in [-0.3, -0.25) is 14.8 Å². The third kappa shape index (κ3) is 5.89. The highest BCUT2D eigenvalue weighted by Gasteiger charge is 2.34. The quantitative estimate of drug-likeness (QED) is 0.420. The summed E-state index contributed by atoms with van der Waals surface area (Å²) >= 11 is 0. The molecule has 1 aliphatic rings. The van der Waals surface area contributed by atoms with Crippen LogP contribution in [0.4, 0.5) is 29.3 Å². The molecule has 184 valence electrons. The number of amides is 2. The van der Waals surface area contributed by atoms with Gasteiger partial charge in [-0.05, 0) is 29.3 Å². The molecule has 1 N–H and O–H groups in total. The molecule has 1 fully saturated rings. The predicted molar refractivity (Wildman–Crippen MR) is 122 cm³/mol. The van der Waals surface area contributed by atoms with Gasteiger partial charge in [0.25, 0.3) is 5.69 Å². The lowest BCUT2D eigenvalue weighted by Gasteiger charge is -2.35. The highest BCUT2D eigenvalue weighted by molar-refractivity contribution is 5.75. The molecule has 1 aromatic heterocycles. The normalized spacial score (nSPS) is 14.1. The van der Waals surface area contributed by atoms with Crippen LogP contribution in [-0.2, 0) is 19.3 Å². The summed E-state index contributed by atoms with van der Waals surface area (Å²) in [7, 11) is 0. The van der Waals surface area contributed by atoms with Crippen LogP contribution in [0.25, 0.3) is 0 Å². The van der Waals surface area contributed by atoms with Crippen LogP contribution in [0.2, 0.25) is 0 Å². The fourth-order valence-corrected chi connectivity index (χ4v) is 3.97. The minimum atomic E-state index is -4.67. The number of urea groups is 1. The lowest BCUT2D eigenvalue weighted by Crippen LogP contribution is -2.51. The summed E-state index contributed by atoms with van der Waals surface area (Å²) < 4.78 is 40.7. The van der Waals surface area contributed by atoms with Crippen molar-refractivity contribution in [1.82, 2.24) is 20.0 Å². The molecule has 2 amide bonds. The fraction of sp³-hybridized carbons (Fsp3) is 0.304. The van der Waals surface area contributed by atoms with Gasteiger partial charge in [0, 0.05) is 51.2 Å². The third-order valence-corrected chi connectivity index (χ3v) is 5.75. The number of carbonyl (C=O) groups is 1. The number of aromatic nitrogens is 2. The number of nitrogens with zero attached hydrogens (tertiary/aromatic N) is 5. The standard InChI is InChI=1S/C23H23F3N6O3/c24-23(25,26)19-5-6-20(21(14-19)32(34)35)29-9-11-30(12-10-29)22(33)27-15-17-3-1-4-18(13-17)16-31-8-2-7-28-31/h1-8,13-14H,9-12,15-16H2,(H,27,33). The molecule has 0 spiro atoms. The summed E-state index contributed by atoms with van der Waals surface area (Å²) in [6.45, 7) is 2.04. The molecule has 0 atom stereocenters. The Hall–Kier alpha value is -4.09. The molecule has 1 aliphatic heterocycles. The third-order valence-electron chi connectivity index (χ3n) is 5.75. The number of benzene rings is 2. The number of nitro benzene ring substituents is 1. The van der Waals surface area contributed by atoms with Crippen molar-refractivity contribution in [3.63, 3.8) is 0 Å². The average Bonchev–Trinajstić information content (AvgIpc) is 3.35. The SMILES string of the molecule is O=C(NCc1cccc(Cn2cccn2)c1)N1CCN(c2ccc(C(F)(F)F)cc2[N+](=O)[O-])CC1. The molecule has 35 heavy (non-hydrogen) atoms. The van der Waals surface area contributed by atoms with E-state index in [9.17, 15) is 28.1 Å². The summed E-state index contributed by atoms with van der Waals surface area (Å²) in [4.78, 5) is 26.4. The Balaban J connectivity index is 1.33. The molecule has 2 aromatic carbocycles. The number of piperazine rings is 1. The van der Waals surface area contributed by atoms with E-state index in [2.05, 4.69) is 10.4 Å². The van der Waals surface area contributed by atoms with Gasteiger partial charge < -0.3 is 15.1 Å². The van der Waals surface area contributed by atoms with E-state index >= 15 is 0 Å². The molecule has 12 heteroatoms. The van der Waals surface area contributed by atoms with Crippen LogP contribution in [0.15, 0.2) is 60.9 Å². The van der Waals surface area contributed by atoms with Gasteiger partial charge in [0.05, 0.1) is 17.0 Å². The highest BCUT2D eigenvalue weighted by Crippen LogP contribution is 2.36. The monoisotopic (exact) mass is 488 g/mol. The van der Waals surface area contributed by atoms with Crippen LogP contribution in [0.5, 0.6) is 0 Å². The van der Waals surface area contributed by atoms with Crippen molar-refractivity contribution in [2.24, 2.45) is 0 Å². The van der Waals surface area contributed by atoms with Crippen LogP contribution in [0, 0.1) is 10.1 Å². The number of carbonyl (C=O) groups excluding carboxylic acids is 1. The Bertz CT molecular complexity index is 1190. The Labute approximate surface area is 198 Å². The maximum atomic E-state index is 13.0. The molecule has 3 aromatic rings. The number of hydrogen-bond acceptors (Lipinski definition) is 5. The number of rotatable bonds is 6. The van der Waals surface area contributed by atoms with E-state index in [0.717, 1.165) is 23.3 Å². The van der Waals surface area contributed by atoms with E-state index in [0.29, 0.717) is 19.2 Å². The van der Waals surface area contributed by atoms with Crippen molar-refractivity contribution in [3.8, 4) is 0 Å². The topological polar surface area (TPSA) is 96.5 Å². The zero-order valence-electron chi connectivity index (χ0n) is 18.6. The van der Waals surface area contributed by atoms with Crippen LogP contribution in [0.1, 0.15) is 16.7 Å². The molecular formula is C23H23F3N6O3. The first kappa shape index (κ1) is 24.0. The highest BCUT2D eigenvalue weighted by atomic mass is 19.4. The van der Waals surface area contributed by atoms with Crippen LogP contribution >= 0.6 is 0 Å². The van der Waals surface area contributed by atoms with Gasteiger partial charge in [-0.25, -0.2) is 4.79 Å². The minimum Gasteiger partial charge on any atom is -0.362 e.